The Kier molecular flexibility index (Phi) is 8.10. The summed E-state index contributed by atoms with van der Waals surface area (Å²) >= 11 is 0. The van der Waals surface area contributed by atoms with Gasteiger partial charge in [0.05, 0.1) is 11.3 Å². The van der Waals surface area contributed by atoms with Crippen LogP contribution < -0.4 is 10.6 Å². The van der Waals surface area contributed by atoms with Gasteiger partial charge in [-0.15, -0.1) is 0 Å². The number of carbonyl (C=O) groups excluding carboxylic acids is 2. The van der Waals surface area contributed by atoms with Crippen LogP contribution in [-0.2, 0) is 13.0 Å². The van der Waals surface area contributed by atoms with Crippen LogP contribution in [0, 0.1) is 5.92 Å². The molecule has 0 aromatic heterocycles. The molecule has 0 aliphatic carbocycles. The fourth-order valence-corrected chi connectivity index (χ4v) is 4.49. The lowest BCUT2D eigenvalue weighted by Gasteiger charge is -2.30. The van der Waals surface area contributed by atoms with Gasteiger partial charge in [-0.25, -0.2) is 0 Å². The highest BCUT2D eigenvalue weighted by Crippen LogP contribution is 2.19. The third kappa shape index (κ3) is 6.55. The van der Waals surface area contributed by atoms with Gasteiger partial charge in [0, 0.05) is 25.2 Å². The van der Waals surface area contributed by atoms with Gasteiger partial charge in [-0.3, -0.25) is 14.5 Å². The highest BCUT2D eigenvalue weighted by Gasteiger charge is 2.17. The summed E-state index contributed by atoms with van der Waals surface area (Å²) in [7, 11) is 0. The number of likely N-dealkylation sites (tertiary alicyclic amines) is 1. The molecule has 0 bridgehead atoms. The Balaban J connectivity index is 1.34. The summed E-state index contributed by atoms with van der Waals surface area (Å²) in [5.41, 5.74) is 3.93. The van der Waals surface area contributed by atoms with Crippen molar-refractivity contribution in [1.29, 1.82) is 0 Å². The number of nitrogens with one attached hydrogen (secondary N) is 2. The van der Waals surface area contributed by atoms with Crippen molar-refractivity contribution in [3.63, 3.8) is 0 Å². The fraction of sp³-hybridized carbons (Fsp3) is 0.310. The molecule has 0 spiro atoms. The summed E-state index contributed by atoms with van der Waals surface area (Å²) in [5, 5.41) is 5.87. The maximum Gasteiger partial charge on any atom is 0.255 e. The standard InChI is InChI=1S/C29H33N3O2/c1-22-8-7-19-32(20-22)21-24-13-15-25(16-14-24)28(33)31-27-12-6-5-11-26(27)29(34)30-18-17-23-9-3-2-4-10-23/h2-6,9-16,22H,7-8,17-21H2,1H3,(H,30,34)(H,31,33). The Morgan fingerprint density at radius 3 is 2.38 bits per heavy atom. The Morgan fingerprint density at radius 2 is 1.62 bits per heavy atom. The summed E-state index contributed by atoms with van der Waals surface area (Å²) in [6.07, 6.45) is 3.31. The lowest BCUT2D eigenvalue weighted by molar-refractivity contribution is 0.0955. The van der Waals surface area contributed by atoms with E-state index >= 15 is 0 Å². The maximum atomic E-state index is 12.9. The number of hydrogen-bond acceptors (Lipinski definition) is 3. The van der Waals surface area contributed by atoms with Crippen molar-refractivity contribution in [2.24, 2.45) is 5.92 Å². The Morgan fingerprint density at radius 1 is 0.882 bits per heavy atom. The average molecular weight is 456 g/mol. The zero-order valence-electron chi connectivity index (χ0n) is 19.8. The van der Waals surface area contributed by atoms with Gasteiger partial charge in [0.2, 0.25) is 0 Å². The highest BCUT2D eigenvalue weighted by atomic mass is 16.2. The molecule has 1 atom stereocenters. The van der Waals surface area contributed by atoms with E-state index in [0.29, 0.717) is 23.4 Å². The third-order valence-electron chi connectivity index (χ3n) is 6.33. The van der Waals surface area contributed by atoms with Crippen LogP contribution in [0.2, 0.25) is 0 Å². The van der Waals surface area contributed by atoms with E-state index in [4.69, 9.17) is 0 Å². The molecule has 2 N–H and O–H groups in total. The lowest BCUT2D eigenvalue weighted by Crippen LogP contribution is -2.33. The number of benzene rings is 3. The van der Waals surface area contributed by atoms with Crippen LogP contribution in [-0.4, -0.2) is 36.3 Å². The number of nitrogens with zero attached hydrogens (tertiary/aromatic N) is 1. The van der Waals surface area contributed by atoms with E-state index < -0.39 is 0 Å². The third-order valence-corrected chi connectivity index (χ3v) is 6.33. The van der Waals surface area contributed by atoms with E-state index in [0.717, 1.165) is 32.0 Å². The second-order valence-electron chi connectivity index (χ2n) is 9.17. The van der Waals surface area contributed by atoms with Crippen molar-refractivity contribution in [2.45, 2.75) is 32.7 Å². The number of amides is 2. The molecular weight excluding hydrogens is 422 g/mol. The van der Waals surface area contributed by atoms with Gasteiger partial charge in [-0.1, -0.05) is 61.5 Å². The predicted molar refractivity (Wildman–Crippen MR) is 137 cm³/mol. The topological polar surface area (TPSA) is 61.4 Å². The van der Waals surface area contributed by atoms with Gasteiger partial charge in [-0.2, -0.15) is 0 Å². The number of carbonyl (C=O) groups is 2. The molecule has 1 heterocycles. The molecular formula is C29H33N3O2. The minimum absolute atomic E-state index is 0.196. The zero-order valence-corrected chi connectivity index (χ0v) is 19.8. The first kappa shape index (κ1) is 23.7. The van der Waals surface area contributed by atoms with E-state index in [2.05, 4.69) is 22.5 Å². The van der Waals surface area contributed by atoms with Gasteiger partial charge in [-0.05, 0) is 67.1 Å². The largest absolute Gasteiger partial charge is 0.352 e. The summed E-state index contributed by atoms with van der Waals surface area (Å²) in [4.78, 5) is 28.1. The van der Waals surface area contributed by atoms with E-state index in [1.54, 1.807) is 18.2 Å². The molecule has 1 fully saturated rings. The monoisotopic (exact) mass is 455 g/mol. The Hall–Kier alpha value is -3.44. The second-order valence-corrected chi connectivity index (χ2v) is 9.17. The molecule has 34 heavy (non-hydrogen) atoms. The highest BCUT2D eigenvalue weighted by molar-refractivity contribution is 6.09. The molecule has 3 aromatic carbocycles. The molecule has 5 nitrogen and oxygen atoms in total. The van der Waals surface area contributed by atoms with Gasteiger partial charge < -0.3 is 10.6 Å². The van der Waals surface area contributed by atoms with Crippen LogP contribution in [0.15, 0.2) is 78.9 Å². The van der Waals surface area contributed by atoms with Crippen LogP contribution in [0.4, 0.5) is 5.69 Å². The molecule has 1 saturated heterocycles. The molecule has 0 radical (unpaired) electrons. The molecule has 176 valence electrons. The molecule has 1 unspecified atom stereocenters. The van der Waals surface area contributed by atoms with Crippen molar-refractivity contribution in [3.8, 4) is 0 Å². The first-order chi connectivity index (χ1) is 16.6. The van der Waals surface area contributed by atoms with E-state index in [-0.39, 0.29) is 11.8 Å². The fourth-order valence-electron chi connectivity index (χ4n) is 4.49. The minimum Gasteiger partial charge on any atom is -0.352 e. The summed E-state index contributed by atoms with van der Waals surface area (Å²) in [6, 6.07) is 24.9. The van der Waals surface area contributed by atoms with Gasteiger partial charge in [0.25, 0.3) is 11.8 Å². The normalized spacial score (nSPS) is 16.1. The minimum atomic E-state index is -0.220. The summed E-state index contributed by atoms with van der Waals surface area (Å²) in [5.74, 6) is 0.329. The van der Waals surface area contributed by atoms with Crippen LogP contribution in [0.3, 0.4) is 0 Å². The number of rotatable bonds is 8. The van der Waals surface area contributed by atoms with Crippen molar-refractivity contribution >= 4 is 17.5 Å². The van der Waals surface area contributed by atoms with Crippen LogP contribution >= 0.6 is 0 Å². The summed E-state index contributed by atoms with van der Waals surface area (Å²) < 4.78 is 0. The zero-order chi connectivity index (χ0) is 23.8. The number of hydrogen-bond donors (Lipinski definition) is 2. The van der Waals surface area contributed by atoms with E-state index in [1.165, 1.54) is 24.0 Å². The smallest absolute Gasteiger partial charge is 0.255 e. The van der Waals surface area contributed by atoms with Gasteiger partial charge in [0.1, 0.15) is 0 Å². The average Bonchev–Trinajstić information content (AvgIpc) is 2.85. The quantitative estimate of drug-likeness (QED) is 0.494. The maximum absolute atomic E-state index is 12.9. The number of para-hydroxylation sites is 1. The molecule has 1 aliphatic rings. The van der Waals surface area contributed by atoms with Crippen molar-refractivity contribution in [1.82, 2.24) is 10.2 Å². The molecule has 0 saturated carbocycles. The van der Waals surface area contributed by atoms with Gasteiger partial charge >= 0.3 is 0 Å². The molecule has 5 heteroatoms. The molecule has 1 aliphatic heterocycles. The predicted octanol–water partition coefficient (Wildman–Crippen LogP) is 5.14. The van der Waals surface area contributed by atoms with Crippen molar-refractivity contribution < 1.29 is 9.59 Å². The van der Waals surface area contributed by atoms with Crippen LogP contribution in [0.1, 0.15) is 51.6 Å². The van der Waals surface area contributed by atoms with Gasteiger partial charge in [0.15, 0.2) is 0 Å². The molecule has 3 aromatic rings. The number of piperidine rings is 1. The second kappa shape index (κ2) is 11.6. The van der Waals surface area contributed by atoms with E-state index in [9.17, 15) is 9.59 Å². The number of anilines is 1. The van der Waals surface area contributed by atoms with Crippen molar-refractivity contribution in [2.75, 3.05) is 25.0 Å². The first-order valence-corrected chi connectivity index (χ1v) is 12.1. The van der Waals surface area contributed by atoms with E-state index in [1.807, 2.05) is 60.7 Å². The first-order valence-electron chi connectivity index (χ1n) is 12.1. The molecule has 2 amide bonds. The van der Waals surface area contributed by atoms with Crippen LogP contribution in [0.25, 0.3) is 0 Å². The Bertz CT molecular complexity index is 1100. The lowest BCUT2D eigenvalue weighted by atomic mass is 9.99. The SMILES string of the molecule is CC1CCCN(Cc2ccc(C(=O)Nc3ccccc3C(=O)NCCc3ccccc3)cc2)C1. The summed E-state index contributed by atoms with van der Waals surface area (Å²) in [6.45, 7) is 6.02. The van der Waals surface area contributed by atoms with Crippen LogP contribution in [0.5, 0.6) is 0 Å². The Labute approximate surface area is 202 Å². The van der Waals surface area contributed by atoms with Crippen molar-refractivity contribution in [3.05, 3.63) is 101 Å². The molecule has 4 rings (SSSR count).